The van der Waals surface area contributed by atoms with Gasteiger partial charge in [-0.05, 0) is 53.3 Å². The van der Waals surface area contributed by atoms with Crippen LogP contribution in [0.1, 0.15) is 28.8 Å². The highest BCUT2D eigenvalue weighted by Crippen LogP contribution is 2.31. The average Bonchev–Trinajstić information content (AvgIpc) is 2.81. The van der Waals surface area contributed by atoms with Crippen molar-refractivity contribution in [1.82, 2.24) is 10.5 Å². The van der Waals surface area contributed by atoms with Crippen molar-refractivity contribution in [3.05, 3.63) is 56.4 Å². The quantitative estimate of drug-likeness (QED) is 0.260. The van der Waals surface area contributed by atoms with E-state index in [-0.39, 0.29) is 24.3 Å². The van der Waals surface area contributed by atoms with Crippen LogP contribution in [0.5, 0.6) is 0 Å². The molecule has 0 saturated carbocycles. The minimum Gasteiger partial charge on any atom is -0.394 e. The van der Waals surface area contributed by atoms with Crippen LogP contribution >= 0.6 is 22.6 Å². The minimum absolute atomic E-state index is 0.171. The molecule has 1 aliphatic rings. The Labute approximate surface area is 205 Å². The smallest absolute Gasteiger partial charge is 0.277 e. The number of nitrogens with zero attached hydrogens (tertiary/aromatic N) is 1. The molecule has 1 unspecified atom stereocenters. The molecule has 0 spiro atoms. The highest BCUT2D eigenvalue weighted by atomic mass is 127. The van der Waals surface area contributed by atoms with Crippen LogP contribution in [0.15, 0.2) is 24.3 Å². The van der Waals surface area contributed by atoms with Gasteiger partial charge < -0.3 is 15.5 Å². The summed E-state index contributed by atoms with van der Waals surface area (Å²) >= 11 is 1.87. The first-order chi connectivity index (χ1) is 16.2. The number of hydrogen-bond donors (Lipinski definition) is 4. The molecule has 34 heavy (non-hydrogen) atoms. The summed E-state index contributed by atoms with van der Waals surface area (Å²) in [6, 6.07) is 4.95. The average molecular weight is 595 g/mol. The predicted octanol–water partition coefficient (Wildman–Crippen LogP) is 2.52. The summed E-state index contributed by atoms with van der Waals surface area (Å²) in [5, 5.41) is 21.4. The van der Waals surface area contributed by atoms with Crippen LogP contribution in [0, 0.1) is 21.0 Å². The number of carbonyl (C=O) groups is 2. The Morgan fingerprint density at radius 3 is 2.71 bits per heavy atom. The van der Waals surface area contributed by atoms with Gasteiger partial charge >= 0.3 is 0 Å². The molecule has 1 aliphatic heterocycles. The van der Waals surface area contributed by atoms with Gasteiger partial charge in [0.1, 0.15) is 18.5 Å². The number of aliphatic hydroxyl groups excluding tert-OH is 2. The summed E-state index contributed by atoms with van der Waals surface area (Å²) in [5.41, 5.74) is 0.246. The highest BCUT2D eigenvalue weighted by Gasteiger charge is 2.27. The van der Waals surface area contributed by atoms with E-state index in [1.165, 1.54) is 12.1 Å². The Balaban J connectivity index is 1.97. The third-order valence-corrected chi connectivity index (χ3v) is 5.41. The Morgan fingerprint density at radius 1 is 1.26 bits per heavy atom. The molecule has 3 rings (SSSR count). The summed E-state index contributed by atoms with van der Waals surface area (Å²) in [4.78, 5) is 34.7. The molecule has 1 saturated heterocycles. The molecule has 1 fully saturated rings. The number of anilines is 2. The van der Waals surface area contributed by atoms with Gasteiger partial charge in [-0.3, -0.25) is 19.3 Å². The molecule has 13 heteroatoms. The second-order valence-electron chi connectivity index (χ2n) is 7.28. The first-order valence-electron chi connectivity index (χ1n) is 10.1. The Bertz CT molecular complexity index is 1070. The van der Waals surface area contributed by atoms with Gasteiger partial charge in [0.25, 0.3) is 5.91 Å². The van der Waals surface area contributed by atoms with E-state index >= 15 is 4.39 Å². The predicted molar refractivity (Wildman–Crippen MR) is 121 cm³/mol. The van der Waals surface area contributed by atoms with Crippen molar-refractivity contribution < 1.29 is 42.6 Å². The van der Waals surface area contributed by atoms with Crippen LogP contribution in [-0.4, -0.2) is 53.0 Å². The zero-order valence-corrected chi connectivity index (χ0v) is 19.8. The lowest BCUT2D eigenvalue weighted by Gasteiger charge is -2.26. The van der Waals surface area contributed by atoms with E-state index in [9.17, 15) is 23.5 Å². The summed E-state index contributed by atoms with van der Waals surface area (Å²) in [5.74, 6) is -5.09. The van der Waals surface area contributed by atoms with Gasteiger partial charge in [0.05, 0.1) is 36.7 Å². The fourth-order valence-corrected chi connectivity index (χ4v) is 3.47. The molecular weight excluding hydrogens is 574 g/mol. The second kappa shape index (κ2) is 11.8. The third kappa shape index (κ3) is 6.35. The van der Waals surface area contributed by atoms with E-state index in [4.69, 9.17) is 14.8 Å². The van der Waals surface area contributed by atoms with Gasteiger partial charge in [-0.25, -0.2) is 23.7 Å². The molecule has 0 radical (unpaired) electrons. The van der Waals surface area contributed by atoms with E-state index in [2.05, 4.69) is 5.32 Å². The topological polar surface area (TPSA) is 120 Å². The van der Waals surface area contributed by atoms with Crippen molar-refractivity contribution in [3.8, 4) is 0 Å². The van der Waals surface area contributed by atoms with Gasteiger partial charge in [-0.1, -0.05) is 0 Å². The number of aliphatic hydroxyl groups is 2. The van der Waals surface area contributed by atoms with Crippen molar-refractivity contribution in [2.75, 3.05) is 25.1 Å². The molecule has 9 nitrogen and oxygen atoms in total. The maximum absolute atomic E-state index is 15.1. The van der Waals surface area contributed by atoms with Crippen molar-refractivity contribution in [2.45, 2.75) is 25.5 Å². The van der Waals surface area contributed by atoms with Gasteiger partial charge in [-0.15, -0.1) is 0 Å². The lowest BCUT2D eigenvalue weighted by Crippen LogP contribution is -2.35. The second-order valence-corrected chi connectivity index (χ2v) is 8.53. The fourth-order valence-electron chi connectivity index (χ4n) is 3.02. The van der Waals surface area contributed by atoms with Gasteiger partial charge in [0.15, 0.2) is 11.6 Å². The maximum Gasteiger partial charge on any atom is 0.277 e. The monoisotopic (exact) mass is 595 g/mol. The van der Waals surface area contributed by atoms with Crippen molar-refractivity contribution in [3.63, 3.8) is 0 Å². The van der Waals surface area contributed by atoms with Crippen molar-refractivity contribution >= 4 is 45.8 Å². The van der Waals surface area contributed by atoms with Crippen LogP contribution in [0.4, 0.5) is 24.5 Å². The molecular formula is C21H21F3IN3O6. The van der Waals surface area contributed by atoms with E-state index in [1.54, 1.807) is 0 Å². The van der Waals surface area contributed by atoms with Crippen LogP contribution in [-0.2, 0) is 21.0 Å². The maximum atomic E-state index is 15.1. The van der Waals surface area contributed by atoms with Gasteiger partial charge in [-0.2, -0.15) is 0 Å². The zero-order valence-electron chi connectivity index (χ0n) is 17.6. The molecule has 2 amide bonds. The molecule has 1 heterocycles. The third-order valence-electron chi connectivity index (χ3n) is 4.74. The fraction of sp³-hybridized carbons (Fsp3) is 0.333. The summed E-state index contributed by atoms with van der Waals surface area (Å²) < 4.78 is 45.0. The highest BCUT2D eigenvalue weighted by molar-refractivity contribution is 14.1. The number of benzene rings is 2. The van der Waals surface area contributed by atoms with Crippen LogP contribution in [0.25, 0.3) is 0 Å². The number of halogens is 4. The number of carbonyl (C=O) groups excluding carboxylic acids is 2. The SMILES string of the molecule is O=C(NOCC(O)CO)c1cc(CN2OCCCC2=O)c(F)c(F)c1Nc1ccc(I)cc1F. The Hall–Kier alpha value is -2.46. The number of rotatable bonds is 9. The first kappa shape index (κ1) is 26.2. The van der Waals surface area contributed by atoms with Crippen molar-refractivity contribution in [2.24, 2.45) is 0 Å². The zero-order chi connectivity index (χ0) is 24.8. The van der Waals surface area contributed by atoms with Crippen LogP contribution in [0.3, 0.4) is 0 Å². The van der Waals surface area contributed by atoms with Crippen LogP contribution < -0.4 is 10.8 Å². The van der Waals surface area contributed by atoms with Crippen molar-refractivity contribution in [1.29, 1.82) is 0 Å². The molecule has 0 aromatic heterocycles. The lowest BCUT2D eigenvalue weighted by atomic mass is 10.0. The molecule has 1 atom stereocenters. The first-order valence-corrected chi connectivity index (χ1v) is 11.2. The van der Waals surface area contributed by atoms with Gasteiger partial charge in [0, 0.05) is 15.6 Å². The van der Waals surface area contributed by atoms with E-state index in [0.29, 0.717) is 9.99 Å². The molecule has 0 bridgehead atoms. The molecule has 2 aromatic rings. The Kier molecular flexibility index (Phi) is 9.07. The molecule has 0 aliphatic carbocycles. The van der Waals surface area contributed by atoms with E-state index in [1.807, 2.05) is 28.1 Å². The van der Waals surface area contributed by atoms with E-state index < -0.39 is 66.4 Å². The number of nitrogens with one attached hydrogen (secondary N) is 2. The number of hydrogen-bond acceptors (Lipinski definition) is 7. The van der Waals surface area contributed by atoms with Crippen LogP contribution in [0.2, 0.25) is 0 Å². The largest absolute Gasteiger partial charge is 0.394 e. The minimum atomic E-state index is -1.49. The molecule has 2 aromatic carbocycles. The summed E-state index contributed by atoms with van der Waals surface area (Å²) in [6.07, 6.45) is -0.632. The molecule has 184 valence electrons. The molecule has 4 N–H and O–H groups in total. The number of amides is 2. The van der Waals surface area contributed by atoms with E-state index in [0.717, 1.165) is 17.2 Å². The standard InChI is InChI=1S/C21H21F3IN3O6/c22-15-7-12(25)3-4-16(15)26-20-14(21(32)27-33-10-13(30)9-29)6-11(18(23)19(20)24)8-28-17(31)2-1-5-34-28/h3-4,6-7,13,26,29-30H,1-2,5,8-10H2,(H,27,32). The Morgan fingerprint density at radius 2 is 2.03 bits per heavy atom. The lowest BCUT2D eigenvalue weighted by molar-refractivity contribution is -0.202. The summed E-state index contributed by atoms with van der Waals surface area (Å²) in [6.45, 7) is -1.36. The van der Waals surface area contributed by atoms with Gasteiger partial charge in [0.2, 0.25) is 5.91 Å². The number of hydroxylamine groups is 3. The normalized spacial score (nSPS) is 14.8. The summed E-state index contributed by atoms with van der Waals surface area (Å²) in [7, 11) is 0.